The minimum absolute atomic E-state index is 0.802. The molecule has 0 spiro atoms. The molecule has 1 aliphatic rings. The van der Waals surface area contributed by atoms with Crippen molar-refractivity contribution in [2.75, 3.05) is 5.43 Å². The SMILES string of the molecule is NNc1ccc2c(c1)C=CNO2. The van der Waals surface area contributed by atoms with Crippen LogP contribution in [0, 0.1) is 0 Å². The highest BCUT2D eigenvalue weighted by atomic mass is 16.6. The number of hydrogen-bond acceptors (Lipinski definition) is 4. The first-order chi connectivity index (χ1) is 5.90. The summed E-state index contributed by atoms with van der Waals surface area (Å²) in [6, 6.07) is 5.60. The predicted molar refractivity (Wildman–Crippen MR) is 47.0 cm³/mol. The second-order valence-corrected chi connectivity index (χ2v) is 2.45. The molecule has 1 aromatic carbocycles. The van der Waals surface area contributed by atoms with E-state index in [0.717, 1.165) is 17.0 Å². The van der Waals surface area contributed by atoms with Crippen LogP contribution in [0.5, 0.6) is 5.75 Å². The molecule has 0 atom stereocenters. The van der Waals surface area contributed by atoms with Crippen LogP contribution in [-0.4, -0.2) is 0 Å². The molecule has 4 heteroatoms. The average molecular weight is 163 g/mol. The van der Waals surface area contributed by atoms with Crippen molar-refractivity contribution in [3.05, 3.63) is 30.0 Å². The van der Waals surface area contributed by atoms with Gasteiger partial charge in [0.05, 0.1) is 0 Å². The minimum atomic E-state index is 0.802. The van der Waals surface area contributed by atoms with Crippen LogP contribution in [0.4, 0.5) is 5.69 Å². The van der Waals surface area contributed by atoms with E-state index < -0.39 is 0 Å². The van der Waals surface area contributed by atoms with Gasteiger partial charge in [-0.05, 0) is 24.3 Å². The molecule has 0 saturated heterocycles. The largest absolute Gasteiger partial charge is 0.382 e. The molecule has 0 fully saturated rings. The van der Waals surface area contributed by atoms with Gasteiger partial charge in [0.25, 0.3) is 0 Å². The number of rotatable bonds is 1. The van der Waals surface area contributed by atoms with E-state index in [1.165, 1.54) is 0 Å². The van der Waals surface area contributed by atoms with E-state index >= 15 is 0 Å². The third-order valence-electron chi connectivity index (χ3n) is 1.68. The molecule has 2 rings (SSSR count). The van der Waals surface area contributed by atoms with Gasteiger partial charge in [0.2, 0.25) is 0 Å². The van der Waals surface area contributed by atoms with Crippen molar-refractivity contribution < 1.29 is 4.84 Å². The Morgan fingerprint density at radius 2 is 2.33 bits per heavy atom. The maximum absolute atomic E-state index is 5.25. The van der Waals surface area contributed by atoms with Gasteiger partial charge in [-0.15, -0.1) is 0 Å². The summed E-state index contributed by atoms with van der Waals surface area (Å²) >= 11 is 0. The van der Waals surface area contributed by atoms with Gasteiger partial charge in [-0.3, -0.25) is 5.84 Å². The van der Waals surface area contributed by atoms with E-state index in [1.54, 1.807) is 6.20 Å². The molecule has 0 saturated carbocycles. The predicted octanol–water partition coefficient (Wildman–Crippen LogP) is 0.840. The van der Waals surface area contributed by atoms with Crippen molar-refractivity contribution in [1.29, 1.82) is 0 Å². The third kappa shape index (κ3) is 1.08. The average Bonchev–Trinajstić information content (AvgIpc) is 2.17. The lowest BCUT2D eigenvalue weighted by Crippen LogP contribution is -2.14. The Kier molecular flexibility index (Phi) is 1.60. The highest BCUT2D eigenvalue weighted by Crippen LogP contribution is 2.24. The third-order valence-corrected chi connectivity index (χ3v) is 1.68. The van der Waals surface area contributed by atoms with Crippen molar-refractivity contribution in [3.8, 4) is 5.75 Å². The summed E-state index contributed by atoms with van der Waals surface area (Å²) < 4.78 is 0. The fourth-order valence-corrected chi connectivity index (χ4v) is 1.08. The van der Waals surface area contributed by atoms with Crippen molar-refractivity contribution >= 4 is 11.8 Å². The van der Waals surface area contributed by atoms with E-state index in [0.29, 0.717) is 0 Å². The molecule has 1 heterocycles. The lowest BCUT2D eigenvalue weighted by atomic mass is 10.1. The van der Waals surface area contributed by atoms with Gasteiger partial charge in [-0.1, -0.05) is 0 Å². The summed E-state index contributed by atoms with van der Waals surface area (Å²) in [5, 5.41) is 0. The van der Waals surface area contributed by atoms with Crippen LogP contribution in [-0.2, 0) is 0 Å². The zero-order chi connectivity index (χ0) is 8.39. The van der Waals surface area contributed by atoms with Gasteiger partial charge < -0.3 is 10.3 Å². The lowest BCUT2D eigenvalue weighted by Gasteiger charge is -2.13. The van der Waals surface area contributed by atoms with Gasteiger partial charge in [-0.2, -0.15) is 0 Å². The Labute approximate surface area is 69.9 Å². The molecule has 0 aromatic heterocycles. The Morgan fingerprint density at radius 1 is 1.42 bits per heavy atom. The first kappa shape index (κ1) is 7.00. The van der Waals surface area contributed by atoms with Gasteiger partial charge in [0, 0.05) is 17.5 Å². The number of nitrogen functional groups attached to an aromatic ring is 1. The molecule has 4 N–H and O–H groups in total. The molecule has 12 heavy (non-hydrogen) atoms. The van der Waals surface area contributed by atoms with E-state index in [2.05, 4.69) is 10.9 Å². The van der Waals surface area contributed by atoms with E-state index in [4.69, 9.17) is 10.7 Å². The first-order valence-electron chi connectivity index (χ1n) is 3.60. The normalized spacial score (nSPS) is 12.8. The molecule has 62 valence electrons. The van der Waals surface area contributed by atoms with Crippen molar-refractivity contribution in [2.24, 2.45) is 5.84 Å². The highest BCUT2D eigenvalue weighted by Gasteiger charge is 2.04. The van der Waals surface area contributed by atoms with Crippen LogP contribution in [0.3, 0.4) is 0 Å². The maximum Gasteiger partial charge on any atom is 0.162 e. The van der Waals surface area contributed by atoms with Gasteiger partial charge in [0.1, 0.15) is 0 Å². The van der Waals surface area contributed by atoms with Gasteiger partial charge >= 0.3 is 0 Å². The summed E-state index contributed by atoms with van der Waals surface area (Å²) in [4.78, 5) is 5.12. The number of nitrogens with two attached hydrogens (primary N) is 1. The molecular weight excluding hydrogens is 154 g/mol. The number of hydrogen-bond donors (Lipinski definition) is 3. The monoisotopic (exact) mass is 163 g/mol. The number of benzene rings is 1. The van der Waals surface area contributed by atoms with Crippen LogP contribution < -0.4 is 21.6 Å². The quantitative estimate of drug-likeness (QED) is 0.424. The minimum Gasteiger partial charge on any atom is -0.382 e. The maximum atomic E-state index is 5.25. The Bertz CT molecular complexity index is 322. The summed E-state index contributed by atoms with van der Waals surface area (Å²) in [7, 11) is 0. The van der Waals surface area contributed by atoms with E-state index in [9.17, 15) is 0 Å². The second kappa shape index (κ2) is 2.75. The fourth-order valence-electron chi connectivity index (χ4n) is 1.08. The molecule has 0 aliphatic carbocycles. The number of hydroxylamine groups is 1. The molecule has 0 radical (unpaired) electrons. The van der Waals surface area contributed by atoms with Crippen LogP contribution in [0.2, 0.25) is 0 Å². The summed E-state index contributed by atoms with van der Waals surface area (Å²) in [5.74, 6) is 6.05. The van der Waals surface area contributed by atoms with Crippen LogP contribution in [0.15, 0.2) is 24.4 Å². The summed E-state index contributed by atoms with van der Waals surface area (Å²) in [6.07, 6.45) is 3.64. The smallest absolute Gasteiger partial charge is 0.162 e. The van der Waals surface area contributed by atoms with E-state index in [1.807, 2.05) is 24.3 Å². The van der Waals surface area contributed by atoms with Crippen LogP contribution in [0.1, 0.15) is 5.56 Å². The Morgan fingerprint density at radius 3 is 3.17 bits per heavy atom. The van der Waals surface area contributed by atoms with Gasteiger partial charge in [0.15, 0.2) is 5.75 Å². The van der Waals surface area contributed by atoms with Crippen molar-refractivity contribution in [3.63, 3.8) is 0 Å². The standard InChI is InChI=1S/C8H9N3O/c9-11-7-1-2-8-6(5-7)3-4-10-12-8/h1-5,10-11H,9H2. The lowest BCUT2D eigenvalue weighted by molar-refractivity contribution is 0.239. The molecule has 1 aromatic rings. The molecule has 0 unspecified atom stereocenters. The molecular formula is C8H9N3O. The van der Waals surface area contributed by atoms with Crippen LogP contribution in [0.25, 0.3) is 6.08 Å². The Hall–Kier alpha value is -1.68. The fraction of sp³-hybridized carbons (Fsp3) is 0. The number of anilines is 1. The topological polar surface area (TPSA) is 59.3 Å². The number of nitrogens with one attached hydrogen (secondary N) is 2. The Balaban J connectivity index is 2.44. The zero-order valence-corrected chi connectivity index (χ0v) is 6.37. The summed E-state index contributed by atoms with van der Waals surface area (Å²) in [5.41, 5.74) is 7.08. The molecule has 0 amide bonds. The van der Waals surface area contributed by atoms with Gasteiger partial charge in [-0.25, -0.2) is 5.48 Å². The molecule has 0 bridgehead atoms. The van der Waals surface area contributed by atoms with Crippen molar-refractivity contribution in [1.82, 2.24) is 5.48 Å². The van der Waals surface area contributed by atoms with E-state index in [-0.39, 0.29) is 0 Å². The highest BCUT2D eigenvalue weighted by molar-refractivity contribution is 5.64. The number of hydrazine groups is 1. The molecule has 4 nitrogen and oxygen atoms in total. The molecule has 1 aliphatic heterocycles. The van der Waals surface area contributed by atoms with Crippen molar-refractivity contribution in [2.45, 2.75) is 0 Å². The first-order valence-corrected chi connectivity index (χ1v) is 3.60. The summed E-state index contributed by atoms with van der Waals surface area (Å²) in [6.45, 7) is 0. The number of fused-ring (bicyclic) bond motifs is 1. The zero-order valence-electron chi connectivity index (χ0n) is 6.37. The van der Waals surface area contributed by atoms with Crippen LogP contribution >= 0.6 is 0 Å². The second-order valence-electron chi connectivity index (χ2n) is 2.45.